The summed E-state index contributed by atoms with van der Waals surface area (Å²) in [7, 11) is 1.49. The molecule has 3 N–H and O–H groups in total. The molecule has 0 radical (unpaired) electrons. The molecular formula is C13H16N2O4. The van der Waals surface area contributed by atoms with E-state index in [1.807, 2.05) is 0 Å². The third kappa shape index (κ3) is 3.23. The Balaban J connectivity index is 2.11. The Labute approximate surface area is 110 Å². The Bertz CT molecular complexity index is 497. The van der Waals surface area contributed by atoms with Crippen LogP contribution in [0.3, 0.4) is 0 Å². The fourth-order valence-corrected chi connectivity index (χ4v) is 1.90. The molecule has 0 saturated carbocycles. The number of anilines is 1. The van der Waals surface area contributed by atoms with Crippen LogP contribution in [-0.2, 0) is 4.79 Å². The van der Waals surface area contributed by atoms with E-state index in [0.717, 1.165) is 13.1 Å². The van der Waals surface area contributed by atoms with Crippen molar-refractivity contribution in [1.29, 1.82) is 0 Å². The summed E-state index contributed by atoms with van der Waals surface area (Å²) >= 11 is 0. The monoisotopic (exact) mass is 264 g/mol. The lowest BCUT2D eigenvalue weighted by molar-refractivity contribution is -0.117. The second kappa shape index (κ2) is 5.71. The molecule has 1 aliphatic rings. The summed E-state index contributed by atoms with van der Waals surface area (Å²) in [6, 6.07) is 4.48. The van der Waals surface area contributed by atoms with Crippen LogP contribution in [0.5, 0.6) is 5.75 Å². The van der Waals surface area contributed by atoms with Gasteiger partial charge in [-0.1, -0.05) is 0 Å². The number of ether oxygens (including phenoxy) is 1. The molecule has 1 aromatic carbocycles. The Morgan fingerprint density at radius 1 is 1.47 bits per heavy atom. The molecular weight excluding hydrogens is 248 g/mol. The minimum absolute atomic E-state index is 0.0564. The van der Waals surface area contributed by atoms with Gasteiger partial charge in [0.2, 0.25) is 5.91 Å². The fraction of sp³-hybridized carbons (Fsp3) is 0.385. The highest BCUT2D eigenvalue weighted by molar-refractivity contribution is 6.00. The van der Waals surface area contributed by atoms with E-state index in [2.05, 4.69) is 10.6 Å². The zero-order valence-corrected chi connectivity index (χ0v) is 10.6. The molecule has 0 bridgehead atoms. The Hall–Kier alpha value is -2.08. The van der Waals surface area contributed by atoms with E-state index in [9.17, 15) is 9.59 Å². The number of rotatable bonds is 5. The topological polar surface area (TPSA) is 87.7 Å². The number of carboxylic acids is 1. The maximum absolute atomic E-state index is 11.8. The van der Waals surface area contributed by atoms with Crippen molar-refractivity contribution in [1.82, 2.24) is 5.32 Å². The van der Waals surface area contributed by atoms with E-state index in [4.69, 9.17) is 9.84 Å². The van der Waals surface area contributed by atoms with Crippen LogP contribution in [0, 0.1) is 5.92 Å². The highest BCUT2D eigenvalue weighted by atomic mass is 16.5. The van der Waals surface area contributed by atoms with Crippen molar-refractivity contribution < 1.29 is 19.4 Å². The molecule has 1 heterocycles. The second-order valence-electron chi connectivity index (χ2n) is 4.49. The molecule has 0 aromatic heterocycles. The van der Waals surface area contributed by atoms with Crippen LogP contribution in [-0.4, -0.2) is 37.2 Å². The summed E-state index contributed by atoms with van der Waals surface area (Å²) in [4.78, 5) is 22.9. The Morgan fingerprint density at radius 3 is 2.74 bits per heavy atom. The molecule has 1 aliphatic heterocycles. The van der Waals surface area contributed by atoms with E-state index in [0.29, 0.717) is 18.1 Å². The molecule has 2 rings (SSSR count). The first kappa shape index (κ1) is 13.4. The summed E-state index contributed by atoms with van der Waals surface area (Å²) in [5.74, 6) is -0.421. The number of amides is 1. The molecule has 6 nitrogen and oxygen atoms in total. The van der Waals surface area contributed by atoms with Crippen molar-refractivity contribution in [2.24, 2.45) is 5.92 Å². The lowest BCUT2D eigenvalue weighted by atomic mass is 9.99. The standard InChI is InChI=1S/C13H16N2O4/c1-19-9-2-3-10(13(17)18)11(5-9)15-12(16)4-8-6-14-7-8/h2-3,5,8,14H,4,6-7H2,1H3,(H,15,16)(H,17,18). The second-order valence-corrected chi connectivity index (χ2v) is 4.49. The van der Waals surface area contributed by atoms with E-state index in [-0.39, 0.29) is 17.2 Å². The van der Waals surface area contributed by atoms with Crippen molar-refractivity contribution in [3.8, 4) is 5.75 Å². The molecule has 6 heteroatoms. The molecule has 0 spiro atoms. The third-order valence-corrected chi connectivity index (χ3v) is 3.07. The lowest BCUT2D eigenvalue weighted by Gasteiger charge is -2.26. The summed E-state index contributed by atoms with van der Waals surface area (Å²) < 4.78 is 5.03. The smallest absolute Gasteiger partial charge is 0.337 e. The Kier molecular flexibility index (Phi) is 4.01. The highest BCUT2D eigenvalue weighted by Gasteiger charge is 2.21. The average Bonchev–Trinajstić information content (AvgIpc) is 2.33. The molecule has 19 heavy (non-hydrogen) atoms. The Morgan fingerprint density at radius 2 is 2.21 bits per heavy atom. The van der Waals surface area contributed by atoms with E-state index < -0.39 is 5.97 Å². The van der Waals surface area contributed by atoms with Crippen molar-refractivity contribution in [3.63, 3.8) is 0 Å². The van der Waals surface area contributed by atoms with Crippen molar-refractivity contribution in [2.75, 3.05) is 25.5 Å². The molecule has 0 aliphatic carbocycles. The summed E-state index contributed by atoms with van der Waals surface area (Å²) in [5, 5.41) is 14.8. The van der Waals surface area contributed by atoms with Gasteiger partial charge in [0.15, 0.2) is 0 Å². The maximum Gasteiger partial charge on any atom is 0.337 e. The van der Waals surface area contributed by atoms with E-state index in [1.54, 1.807) is 6.07 Å². The van der Waals surface area contributed by atoms with Crippen LogP contribution in [0.15, 0.2) is 18.2 Å². The third-order valence-electron chi connectivity index (χ3n) is 3.07. The molecule has 1 fully saturated rings. The molecule has 102 valence electrons. The van der Waals surface area contributed by atoms with Crippen LogP contribution in [0.4, 0.5) is 5.69 Å². The van der Waals surface area contributed by atoms with Crippen LogP contribution in [0.25, 0.3) is 0 Å². The number of aromatic carboxylic acids is 1. The van der Waals surface area contributed by atoms with Gasteiger partial charge >= 0.3 is 5.97 Å². The van der Waals surface area contributed by atoms with Crippen LogP contribution >= 0.6 is 0 Å². The van der Waals surface area contributed by atoms with Crippen molar-refractivity contribution >= 4 is 17.6 Å². The number of methoxy groups -OCH3 is 1. The van der Waals surface area contributed by atoms with Gasteiger partial charge in [0.05, 0.1) is 18.4 Å². The predicted octanol–water partition coefficient (Wildman–Crippen LogP) is 0.941. The van der Waals surface area contributed by atoms with Gasteiger partial charge in [0.25, 0.3) is 0 Å². The van der Waals surface area contributed by atoms with E-state index in [1.165, 1.54) is 19.2 Å². The molecule has 1 saturated heterocycles. The van der Waals surface area contributed by atoms with Crippen molar-refractivity contribution in [2.45, 2.75) is 6.42 Å². The molecule has 0 atom stereocenters. The number of carboxylic acid groups (broad SMARTS) is 1. The summed E-state index contributed by atoms with van der Waals surface area (Å²) in [6.07, 6.45) is 0.392. The first-order valence-corrected chi connectivity index (χ1v) is 6.02. The van der Waals surface area contributed by atoms with Gasteiger partial charge in [0, 0.05) is 12.5 Å². The zero-order chi connectivity index (χ0) is 13.8. The number of hydrogen-bond acceptors (Lipinski definition) is 4. The number of hydrogen-bond donors (Lipinski definition) is 3. The van der Waals surface area contributed by atoms with Crippen LogP contribution in [0.1, 0.15) is 16.8 Å². The average molecular weight is 264 g/mol. The van der Waals surface area contributed by atoms with Gasteiger partial charge in [-0.15, -0.1) is 0 Å². The first-order valence-electron chi connectivity index (χ1n) is 6.02. The zero-order valence-electron chi connectivity index (χ0n) is 10.6. The van der Waals surface area contributed by atoms with Gasteiger partial charge in [-0.25, -0.2) is 4.79 Å². The molecule has 1 aromatic rings. The minimum Gasteiger partial charge on any atom is -0.497 e. The predicted molar refractivity (Wildman–Crippen MR) is 69.6 cm³/mol. The first-order chi connectivity index (χ1) is 9.10. The van der Waals surface area contributed by atoms with Crippen LogP contribution in [0.2, 0.25) is 0 Å². The number of benzene rings is 1. The highest BCUT2D eigenvalue weighted by Crippen LogP contribution is 2.23. The van der Waals surface area contributed by atoms with Gasteiger partial charge in [0.1, 0.15) is 5.75 Å². The summed E-state index contributed by atoms with van der Waals surface area (Å²) in [6.45, 7) is 1.66. The number of carbonyl (C=O) groups excluding carboxylic acids is 1. The molecule has 0 unspecified atom stereocenters. The van der Waals surface area contributed by atoms with Gasteiger partial charge in [-0.3, -0.25) is 4.79 Å². The largest absolute Gasteiger partial charge is 0.497 e. The lowest BCUT2D eigenvalue weighted by Crippen LogP contribution is -2.43. The number of carbonyl (C=O) groups is 2. The van der Waals surface area contributed by atoms with Crippen LogP contribution < -0.4 is 15.4 Å². The van der Waals surface area contributed by atoms with Gasteiger partial charge in [-0.2, -0.15) is 0 Å². The normalized spacial score (nSPS) is 14.6. The fourth-order valence-electron chi connectivity index (χ4n) is 1.90. The minimum atomic E-state index is -1.08. The number of nitrogens with one attached hydrogen (secondary N) is 2. The SMILES string of the molecule is COc1ccc(C(=O)O)c(NC(=O)CC2CNC2)c1. The quantitative estimate of drug-likeness (QED) is 0.736. The van der Waals surface area contributed by atoms with Gasteiger partial charge < -0.3 is 20.5 Å². The maximum atomic E-state index is 11.8. The van der Waals surface area contributed by atoms with Crippen molar-refractivity contribution in [3.05, 3.63) is 23.8 Å². The van der Waals surface area contributed by atoms with E-state index >= 15 is 0 Å². The molecule has 1 amide bonds. The summed E-state index contributed by atoms with van der Waals surface area (Å²) in [5.41, 5.74) is 0.324. The van der Waals surface area contributed by atoms with Gasteiger partial charge in [-0.05, 0) is 31.1 Å².